The van der Waals surface area contributed by atoms with Crippen LogP contribution in [0.3, 0.4) is 0 Å². The van der Waals surface area contributed by atoms with Crippen molar-refractivity contribution in [2.75, 3.05) is 20.1 Å². The fourth-order valence-electron chi connectivity index (χ4n) is 1.54. The molecule has 1 fully saturated rings. The van der Waals surface area contributed by atoms with Gasteiger partial charge >= 0.3 is 6.03 Å². The van der Waals surface area contributed by atoms with Crippen molar-refractivity contribution in [2.45, 2.75) is 6.54 Å². The molecule has 2 heterocycles. The van der Waals surface area contributed by atoms with E-state index in [0.29, 0.717) is 6.54 Å². The Balaban J connectivity index is 2.02. The average molecular weight is 191 g/mol. The lowest BCUT2D eigenvalue weighted by Crippen LogP contribution is -2.29. The fourth-order valence-corrected chi connectivity index (χ4v) is 1.54. The molecule has 4 nitrogen and oxygen atoms in total. The van der Waals surface area contributed by atoms with Crippen LogP contribution >= 0.6 is 0 Å². The van der Waals surface area contributed by atoms with E-state index in [1.54, 1.807) is 11.1 Å². The number of hydrogen-bond donors (Lipinski definition) is 0. The number of urea groups is 1. The van der Waals surface area contributed by atoms with Gasteiger partial charge in [0.2, 0.25) is 0 Å². The highest BCUT2D eigenvalue weighted by atomic mass is 16.2. The van der Waals surface area contributed by atoms with E-state index in [9.17, 15) is 4.79 Å². The highest BCUT2D eigenvalue weighted by molar-refractivity contribution is 5.76. The first-order chi connectivity index (χ1) is 6.77. The summed E-state index contributed by atoms with van der Waals surface area (Å²) in [5, 5.41) is 0. The topological polar surface area (TPSA) is 36.4 Å². The highest BCUT2D eigenvalue weighted by Crippen LogP contribution is 2.09. The molecule has 0 bridgehead atoms. The Kier molecular flexibility index (Phi) is 2.35. The van der Waals surface area contributed by atoms with Gasteiger partial charge in [-0.25, -0.2) is 4.79 Å². The van der Waals surface area contributed by atoms with Gasteiger partial charge in [-0.05, 0) is 12.1 Å². The van der Waals surface area contributed by atoms with Gasteiger partial charge in [-0.3, -0.25) is 4.98 Å². The largest absolute Gasteiger partial charge is 0.326 e. The van der Waals surface area contributed by atoms with E-state index in [-0.39, 0.29) is 6.03 Å². The van der Waals surface area contributed by atoms with Gasteiger partial charge in [0.1, 0.15) is 0 Å². The predicted molar refractivity (Wildman–Crippen MR) is 52.7 cm³/mol. The molecule has 0 N–H and O–H groups in total. The third-order valence-corrected chi connectivity index (χ3v) is 2.38. The molecule has 2 rings (SSSR count). The molecule has 1 aromatic rings. The van der Waals surface area contributed by atoms with E-state index in [2.05, 4.69) is 4.98 Å². The second-order valence-corrected chi connectivity index (χ2v) is 3.45. The van der Waals surface area contributed by atoms with Gasteiger partial charge in [0.15, 0.2) is 0 Å². The molecule has 0 saturated carbocycles. The summed E-state index contributed by atoms with van der Waals surface area (Å²) in [6.07, 6.45) is 1.75. The van der Waals surface area contributed by atoms with Crippen LogP contribution in [-0.4, -0.2) is 41.0 Å². The zero-order valence-electron chi connectivity index (χ0n) is 8.18. The third-order valence-electron chi connectivity index (χ3n) is 2.38. The summed E-state index contributed by atoms with van der Waals surface area (Å²) in [6, 6.07) is 5.84. The molecule has 2 amide bonds. The van der Waals surface area contributed by atoms with Crippen LogP contribution in [-0.2, 0) is 6.54 Å². The van der Waals surface area contributed by atoms with Crippen molar-refractivity contribution >= 4 is 6.03 Å². The molecule has 0 unspecified atom stereocenters. The number of carbonyl (C=O) groups is 1. The van der Waals surface area contributed by atoms with Crippen molar-refractivity contribution in [3.63, 3.8) is 0 Å². The standard InChI is InChI=1S/C10H13N3O/c1-12-6-7-13(10(12)14)8-9-4-2-3-5-11-9/h2-5H,6-8H2,1H3. The molecule has 0 radical (unpaired) electrons. The van der Waals surface area contributed by atoms with Crippen molar-refractivity contribution in [3.8, 4) is 0 Å². The Labute approximate surface area is 83.2 Å². The second kappa shape index (κ2) is 3.65. The number of pyridine rings is 1. The lowest BCUT2D eigenvalue weighted by Gasteiger charge is -2.14. The third kappa shape index (κ3) is 1.69. The number of nitrogens with zero attached hydrogens (tertiary/aromatic N) is 3. The van der Waals surface area contributed by atoms with Crippen molar-refractivity contribution < 1.29 is 4.79 Å². The second-order valence-electron chi connectivity index (χ2n) is 3.45. The molecular formula is C10H13N3O. The van der Waals surface area contributed by atoms with E-state index in [1.807, 2.05) is 30.1 Å². The van der Waals surface area contributed by atoms with Crippen molar-refractivity contribution in [1.82, 2.24) is 14.8 Å². The Bertz CT molecular complexity index is 325. The maximum atomic E-state index is 11.5. The first-order valence-electron chi connectivity index (χ1n) is 4.67. The quantitative estimate of drug-likeness (QED) is 0.697. The van der Waals surface area contributed by atoms with Crippen molar-refractivity contribution in [1.29, 1.82) is 0 Å². The van der Waals surface area contributed by atoms with Gasteiger partial charge in [-0.15, -0.1) is 0 Å². The molecule has 74 valence electrons. The highest BCUT2D eigenvalue weighted by Gasteiger charge is 2.25. The molecule has 0 aromatic carbocycles. The number of amides is 2. The number of rotatable bonds is 2. The summed E-state index contributed by atoms with van der Waals surface area (Å²) in [5.41, 5.74) is 0.941. The molecule has 0 spiro atoms. The Morgan fingerprint density at radius 2 is 2.29 bits per heavy atom. The van der Waals surface area contributed by atoms with Crippen molar-refractivity contribution in [3.05, 3.63) is 30.1 Å². The average Bonchev–Trinajstić information content (AvgIpc) is 2.52. The molecule has 1 aliphatic rings. The van der Waals surface area contributed by atoms with Crippen LogP contribution in [0, 0.1) is 0 Å². The molecule has 14 heavy (non-hydrogen) atoms. The molecular weight excluding hydrogens is 178 g/mol. The fraction of sp³-hybridized carbons (Fsp3) is 0.400. The minimum Gasteiger partial charge on any atom is -0.326 e. The first-order valence-corrected chi connectivity index (χ1v) is 4.67. The van der Waals surface area contributed by atoms with Crippen LogP contribution in [0.4, 0.5) is 4.79 Å². The Hall–Kier alpha value is -1.58. The Morgan fingerprint density at radius 3 is 2.86 bits per heavy atom. The van der Waals surface area contributed by atoms with E-state index in [1.165, 1.54) is 0 Å². The molecule has 1 aliphatic heterocycles. The normalized spacial score (nSPS) is 16.5. The monoisotopic (exact) mass is 191 g/mol. The number of hydrogen-bond acceptors (Lipinski definition) is 2. The number of carbonyl (C=O) groups excluding carboxylic acids is 1. The smallest absolute Gasteiger partial charge is 0.320 e. The van der Waals surface area contributed by atoms with E-state index in [0.717, 1.165) is 18.8 Å². The van der Waals surface area contributed by atoms with E-state index < -0.39 is 0 Å². The summed E-state index contributed by atoms with van der Waals surface area (Å²) in [6.45, 7) is 2.22. The summed E-state index contributed by atoms with van der Waals surface area (Å²) in [5.74, 6) is 0. The maximum absolute atomic E-state index is 11.5. The summed E-state index contributed by atoms with van der Waals surface area (Å²) in [7, 11) is 1.82. The van der Waals surface area contributed by atoms with Crippen molar-refractivity contribution in [2.24, 2.45) is 0 Å². The van der Waals surface area contributed by atoms with Crippen LogP contribution in [0.2, 0.25) is 0 Å². The number of likely N-dealkylation sites (N-methyl/N-ethyl adjacent to an activating group) is 1. The van der Waals surface area contributed by atoms with Crippen LogP contribution in [0.15, 0.2) is 24.4 Å². The lowest BCUT2D eigenvalue weighted by molar-refractivity contribution is 0.196. The molecule has 1 aromatic heterocycles. The summed E-state index contributed by atoms with van der Waals surface area (Å²) >= 11 is 0. The van der Waals surface area contributed by atoms with E-state index in [4.69, 9.17) is 0 Å². The lowest BCUT2D eigenvalue weighted by atomic mass is 10.3. The molecule has 0 atom stereocenters. The van der Waals surface area contributed by atoms with Crippen LogP contribution in [0.25, 0.3) is 0 Å². The van der Waals surface area contributed by atoms with Crippen LogP contribution < -0.4 is 0 Å². The zero-order chi connectivity index (χ0) is 9.97. The molecule has 0 aliphatic carbocycles. The van der Waals surface area contributed by atoms with Gasteiger partial charge in [0.25, 0.3) is 0 Å². The minimum atomic E-state index is 0.0932. The summed E-state index contributed by atoms with van der Waals surface area (Å²) < 4.78 is 0. The SMILES string of the molecule is CN1CCN(Cc2ccccn2)C1=O. The predicted octanol–water partition coefficient (Wildman–Crippen LogP) is 0.949. The minimum absolute atomic E-state index is 0.0932. The Morgan fingerprint density at radius 1 is 1.43 bits per heavy atom. The van der Waals surface area contributed by atoms with Gasteiger partial charge in [0, 0.05) is 26.3 Å². The van der Waals surface area contributed by atoms with Crippen LogP contribution in [0.5, 0.6) is 0 Å². The summed E-state index contributed by atoms with van der Waals surface area (Å²) in [4.78, 5) is 19.3. The van der Waals surface area contributed by atoms with Gasteiger partial charge in [-0.1, -0.05) is 6.07 Å². The molecule has 1 saturated heterocycles. The number of aromatic nitrogens is 1. The van der Waals surface area contributed by atoms with Gasteiger partial charge in [0.05, 0.1) is 12.2 Å². The maximum Gasteiger partial charge on any atom is 0.320 e. The van der Waals surface area contributed by atoms with E-state index >= 15 is 0 Å². The molecule has 4 heteroatoms. The van der Waals surface area contributed by atoms with Crippen LogP contribution in [0.1, 0.15) is 5.69 Å². The zero-order valence-corrected chi connectivity index (χ0v) is 8.18. The first kappa shape index (κ1) is 8.99. The van der Waals surface area contributed by atoms with Gasteiger partial charge in [-0.2, -0.15) is 0 Å². The van der Waals surface area contributed by atoms with Gasteiger partial charge < -0.3 is 9.80 Å².